The Morgan fingerprint density at radius 3 is 2.81 bits per heavy atom. The maximum absolute atomic E-state index is 13.3. The molecule has 134 valence electrons. The maximum Gasteiger partial charge on any atom is 0.253 e. The zero-order valence-electron chi connectivity index (χ0n) is 14.5. The molecular weight excluding hydrogens is 333 g/mol. The number of halogens is 1. The molecule has 0 aliphatic carbocycles. The number of amides is 1. The third kappa shape index (κ3) is 3.24. The van der Waals surface area contributed by atoms with Crippen LogP contribution in [0.2, 0.25) is 0 Å². The van der Waals surface area contributed by atoms with Gasteiger partial charge in [-0.15, -0.1) is 0 Å². The summed E-state index contributed by atoms with van der Waals surface area (Å²) in [5.41, 5.74) is 2.16. The zero-order chi connectivity index (χ0) is 18.1. The highest BCUT2D eigenvalue weighted by molar-refractivity contribution is 5.94. The maximum atomic E-state index is 13.3. The Labute approximate surface area is 150 Å². The SMILES string of the molecule is Cc1nc2c(NC3CCN(C(=O)c4cccc(F)c4)CC3)cccn2n1. The molecule has 7 heteroatoms. The third-order valence-electron chi connectivity index (χ3n) is 4.68. The zero-order valence-corrected chi connectivity index (χ0v) is 14.5. The van der Waals surface area contributed by atoms with Gasteiger partial charge in [-0.2, -0.15) is 5.10 Å². The Morgan fingerprint density at radius 2 is 2.04 bits per heavy atom. The van der Waals surface area contributed by atoms with Crippen molar-refractivity contribution in [3.63, 3.8) is 0 Å². The number of aromatic nitrogens is 3. The number of aryl methyl sites for hydroxylation is 1. The van der Waals surface area contributed by atoms with E-state index in [-0.39, 0.29) is 17.8 Å². The second-order valence-electron chi connectivity index (χ2n) is 6.57. The van der Waals surface area contributed by atoms with Gasteiger partial charge in [-0.05, 0) is 50.1 Å². The average molecular weight is 353 g/mol. The van der Waals surface area contributed by atoms with Gasteiger partial charge in [0.15, 0.2) is 5.65 Å². The van der Waals surface area contributed by atoms with Crippen LogP contribution in [0.3, 0.4) is 0 Å². The fraction of sp³-hybridized carbons (Fsp3) is 0.316. The van der Waals surface area contributed by atoms with Crippen molar-refractivity contribution in [2.45, 2.75) is 25.8 Å². The molecule has 1 N–H and O–H groups in total. The number of hydrogen-bond donors (Lipinski definition) is 1. The van der Waals surface area contributed by atoms with Gasteiger partial charge in [-0.1, -0.05) is 6.07 Å². The normalized spacial score (nSPS) is 15.4. The molecular formula is C19H20FN5O. The van der Waals surface area contributed by atoms with Gasteiger partial charge >= 0.3 is 0 Å². The van der Waals surface area contributed by atoms with Crippen molar-refractivity contribution in [3.8, 4) is 0 Å². The van der Waals surface area contributed by atoms with Crippen LogP contribution in [0.1, 0.15) is 29.0 Å². The van der Waals surface area contributed by atoms with E-state index in [1.54, 1.807) is 21.5 Å². The molecule has 0 atom stereocenters. The predicted molar refractivity (Wildman–Crippen MR) is 96.7 cm³/mol. The topological polar surface area (TPSA) is 62.5 Å². The van der Waals surface area contributed by atoms with Crippen molar-refractivity contribution in [2.24, 2.45) is 0 Å². The van der Waals surface area contributed by atoms with Gasteiger partial charge < -0.3 is 10.2 Å². The molecule has 1 aliphatic heterocycles. The van der Waals surface area contributed by atoms with Crippen LogP contribution >= 0.6 is 0 Å². The van der Waals surface area contributed by atoms with E-state index in [0.29, 0.717) is 18.7 Å². The monoisotopic (exact) mass is 353 g/mol. The Hall–Kier alpha value is -2.96. The minimum atomic E-state index is -0.385. The lowest BCUT2D eigenvalue weighted by Gasteiger charge is -2.33. The molecule has 1 aromatic carbocycles. The van der Waals surface area contributed by atoms with Crippen LogP contribution < -0.4 is 5.32 Å². The number of nitrogens with one attached hydrogen (secondary N) is 1. The molecule has 0 spiro atoms. The molecule has 0 saturated carbocycles. The van der Waals surface area contributed by atoms with Crippen molar-refractivity contribution in [1.82, 2.24) is 19.5 Å². The molecule has 1 saturated heterocycles. The van der Waals surface area contributed by atoms with Gasteiger partial charge in [-0.3, -0.25) is 4.79 Å². The van der Waals surface area contributed by atoms with Crippen LogP contribution in [-0.4, -0.2) is 44.5 Å². The van der Waals surface area contributed by atoms with E-state index in [0.717, 1.165) is 30.0 Å². The molecule has 0 radical (unpaired) electrons. The Kier molecular flexibility index (Phi) is 4.28. The Morgan fingerprint density at radius 1 is 1.23 bits per heavy atom. The van der Waals surface area contributed by atoms with E-state index in [1.807, 2.05) is 25.3 Å². The molecule has 3 aromatic rings. The quantitative estimate of drug-likeness (QED) is 0.786. The summed E-state index contributed by atoms with van der Waals surface area (Å²) in [5, 5.41) is 7.85. The standard InChI is InChI=1S/C19H20FN5O/c1-13-21-18-17(6-3-9-25(18)23-13)22-16-7-10-24(11-8-16)19(26)14-4-2-5-15(20)12-14/h2-6,9,12,16,22H,7-8,10-11H2,1H3. The van der Waals surface area contributed by atoms with Crippen LogP contribution in [0.15, 0.2) is 42.6 Å². The van der Waals surface area contributed by atoms with E-state index < -0.39 is 0 Å². The van der Waals surface area contributed by atoms with E-state index in [9.17, 15) is 9.18 Å². The van der Waals surface area contributed by atoms with E-state index in [4.69, 9.17) is 0 Å². The number of carbonyl (C=O) groups excluding carboxylic acids is 1. The fourth-order valence-corrected chi connectivity index (χ4v) is 3.38. The number of likely N-dealkylation sites (tertiary alicyclic amines) is 1. The van der Waals surface area contributed by atoms with E-state index in [1.165, 1.54) is 12.1 Å². The minimum absolute atomic E-state index is 0.113. The molecule has 3 heterocycles. The van der Waals surface area contributed by atoms with Gasteiger partial charge in [0.05, 0.1) is 5.69 Å². The van der Waals surface area contributed by atoms with Crippen LogP contribution in [-0.2, 0) is 0 Å². The predicted octanol–water partition coefficient (Wildman–Crippen LogP) is 2.89. The van der Waals surface area contributed by atoms with Gasteiger partial charge in [0, 0.05) is 30.9 Å². The summed E-state index contributed by atoms with van der Waals surface area (Å²) in [5.74, 6) is 0.233. The highest BCUT2D eigenvalue weighted by Crippen LogP contribution is 2.21. The molecule has 1 amide bonds. The first-order valence-electron chi connectivity index (χ1n) is 8.73. The summed E-state index contributed by atoms with van der Waals surface area (Å²) >= 11 is 0. The van der Waals surface area contributed by atoms with Crippen LogP contribution in [0.4, 0.5) is 10.1 Å². The number of carbonyl (C=O) groups is 1. The summed E-state index contributed by atoms with van der Waals surface area (Å²) in [6.07, 6.45) is 3.53. The first-order chi connectivity index (χ1) is 12.6. The lowest BCUT2D eigenvalue weighted by atomic mass is 10.0. The molecule has 2 aromatic heterocycles. The van der Waals surface area contributed by atoms with Crippen molar-refractivity contribution < 1.29 is 9.18 Å². The van der Waals surface area contributed by atoms with Crippen molar-refractivity contribution in [2.75, 3.05) is 18.4 Å². The molecule has 0 bridgehead atoms. The summed E-state index contributed by atoms with van der Waals surface area (Å²) in [4.78, 5) is 18.8. The van der Waals surface area contributed by atoms with Gasteiger partial charge in [-0.25, -0.2) is 13.9 Å². The summed E-state index contributed by atoms with van der Waals surface area (Å²) in [7, 11) is 0. The number of piperidine rings is 1. The van der Waals surface area contributed by atoms with Crippen LogP contribution in [0, 0.1) is 12.7 Å². The second kappa shape index (κ2) is 6.74. The van der Waals surface area contributed by atoms with Gasteiger partial charge in [0.2, 0.25) is 0 Å². The number of rotatable bonds is 3. The molecule has 26 heavy (non-hydrogen) atoms. The highest BCUT2D eigenvalue weighted by atomic mass is 19.1. The first kappa shape index (κ1) is 16.5. The number of fused-ring (bicyclic) bond motifs is 1. The number of benzene rings is 1. The minimum Gasteiger partial charge on any atom is -0.379 e. The number of anilines is 1. The molecule has 6 nitrogen and oxygen atoms in total. The Balaban J connectivity index is 1.41. The smallest absolute Gasteiger partial charge is 0.253 e. The van der Waals surface area contributed by atoms with E-state index in [2.05, 4.69) is 15.4 Å². The van der Waals surface area contributed by atoms with E-state index >= 15 is 0 Å². The first-order valence-corrected chi connectivity index (χ1v) is 8.73. The van der Waals surface area contributed by atoms with Crippen LogP contribution in [0.25, 0.3) is 5.65 Å². The largest absolute Gasteiger partial charge is 0.379 e. The number of hydrogen-bond acceptors (Lipinski definition) is 4. The van der Waals surface area contributed by atoms with Gasteiger partial charge in [0.25, 0.3) is 5.91 Å². The lowest BCUT2D eigenvalue weighted by molar-refractivity contribution is 0.0718. The fourth-order valence-electron chi connectivity index (χ4n) is 3.38. The summed E-state index contributed by atoms with van der Waals surface area (Å²) < 4.78 is 15.1. The van der Waals surface area contributed by atoms with Crippen molar-refractivity contribution >= 4 is 17.2 Å². The number of pyridine rings is 1. The molecule has 4 rings (SSSR count). The molecule has 1 fully saturated rings. The average Bonchev–Trinajstić information content (AvgIpc) is 3.03. The van der Waals surface area contributed by atoms with Gasteiger partial charge in [0.1, 0.15) is 11.6 Å². The second-order valence-corrected chi connectivity index (χ2v) is 6.57. The Bertz CT molecular complexity index is 946. The molecule has 1 aliphatic rings. The lowest BCUT2D eigenvalue weighted by Crippen LogP contribution is -2.42. The van der Waals surface area contributed by atoms with Crippen molar-refractivity contribution in [1.29, 1.82) is 0 Å². The van der Waals surface area contributed by atoms with Crippen molar-refractivity contribution in [3.05, 3.63) is 59.8 Å². The summed E-state index contributed by atoms with van der Waals surface area (Å²) in [6, 6.07) is 10.1. The highest BCUT2D eigenvalue weighted by Gasteiger charge is 2.24. The molecule has 0 unspecified atom stereocenters. The number of nitrogens with zero attached hydrogens (tertiary/aromatic N) is 4. The third-order valence-corrected chi connectivity index (χ3v) is 4.68. The summed E-state index contributed by atoms with van der Waals surface area (Å²) in [6.45, 7) is 3.15. The van der Waals surface area contributed by atoms with Crippen LogP contribution in [0.5, 0.6) is 0 Å².